The normalized spacial score (nSPS) is 47.5. The number of carbonyl (C=O) groups is 2. The lowest BCUT2D eigenvalue weighted by atomic mass is 9.44. The number of hydrogen-bond acceptors (Lipinski definition) is 5. The van der Waals surface area contributed by atoms with Gasteiger partial charge >= 0.3 is 6.09 Å². The Hall–Kier alpha value is -1.34. The van der Waals surface area contributed by atoms with Crippen molar-refractivity contribution in [2.45, 2.75) is 77.4 Å². The van der Waals surface area contributed by atoms with E-state index in [9.17, 15) is 19.8 Å². The first kappa shape index (κ1) is 21.9. The van der Waals surface area contributed by atoms with Gasteiger partial charge in [0.1, 0.15) is 6.61 Å². The van der Waals surface area contributed by atoms with E-state index in [0.717, 1.165) is 44.9 Å². The summed E-state index contributed by atoms with van der Waals surface area (Å²) in [5.74, 6) is 1.55. The lowest BCUT2D eigenvalue weighted by molar-refractivity contribution is -0.179. The maximum Gasteiger partial charge on any atom is 0.404 e. The zero-order valence-corrected chi connectivity index (χ0v) is 18.3. The van der Waals surface area contributed by atoms with Crippen LogP contribution >= 0.6 is 0 Å². The smallest absolute Gasteiger partial charge is 0.404 e. The Morgan fingerprint density at radius 2 is 1.87 bits per heavy atom. The molecule has 4 aliphatic rings. The summed E-state index contributed by atoms with van der Waals surface area (Å²) in [5, 5.41) is 24.5. The number of hydrogen-bond donors (Lipinski definition) is 4. The monoisotopic (exact) mass is 422 g/mol. The number of amides is 2. The van der Waals surface area contributed by atoms with Gasteiger partial charge in [0.25, 0.3) is 0 Å². The van der Waals surface area contributed by atoms with Crippen LogP contribution in [0.3, 0.4) is 0 Å². The van der Waals surface area contributed by atoms with Crippen molar-refractivity contribution in [3.05, 3.63) is 0 Å². The van der Waals surface area contributed by atoms with E-state index >= 15 is 0 Å². The van der Waals surface area contributed by atoms with Crippen LogP contribution in [0.25, 0.3) is 0 Å². The van der Waals surface area contributed by atoms with Crippen LogP contribution in [0.2, 0.25) is 0 Å². The quantitative estimate of drug-likeness (QED) is 0.517. The summed E-state index contributed by atoms with van der Waals surface area (Å²) in [4.78, 5) is 23.7. The lowest BCUT2D eigenvalue weighted by Crippen LogP contribution is -2.59. The van der Waals surface area contributed by atoms with E-state index in [2.05, 4.69) is 19.2 Å². The number of rotatable bonds is 4. The molecule has 0 heterocycles. The van der Waals surface area contributed by atoms with Gasteiger partial charge in [0.2, 0.25) is 5.91 Å². The van der Waals surface area contributed by atoms with Crippen molar-refractivity contribution in [3.63, 3.8) is 0 Å². The number of carbonyl (C=O) groups excluding carboxylic acids is 2. The third kappa shape index (κ3) is 3.52. The highest BCUT2D eigenvalue weighted by molar-refractivity contribution is 5.80. The maximum absolute atomic E-state index is 13.0. The van der Waals surface area contributed by atoms with Gasteiger partial charge < -0.3 is 26.0 Å². The summed E-state index contributed by atoms with van der Waals surface area (Å²) in [7, 11) is 0. The average molecular weight is 423 g/mol. The highest BCUT2D eigenvalue weighted by Crippen LogP contribution is 2.67. The molecule has 2 amide bonds. The SMILES string of the molecule is C[C@]12C[C@H](O)[C@H]3[C@@H](CCC4C[C@@H](O)CC[C@@]43C)[C@@H]1CC[C@@H]2C(=O)NCCOC(N)=O. The molecule has 7 nitrogen and oxygen atoms in total. The van der Waals surface area contributed by atoms with Crippen LogP contribution in [0.15, 0.2) is 0 Å². The summed E-state index contributed by atoms with van der Waals surface area (Å²) in [6.45, 7) is 4.89. The van der Waals surface area contributed by atoms with Gasteiger partial charge in [0.15, 0.2) is 0 Å². The number of ether oxygens (including phenoxy) is 1. The highest BCUT2D eigenvalue weighted by atomic mass is 16.5. The van der Waals surface area contributed by atoms with Crippen molar-refractivity contribution in [1.82, 2.24) is 5.32 Å². The molecule has 9 atom stereocenters. The zero-order chi connectivity index (χ0) is 21.7. The van der Waals surface area contributed by atoms with Crippen LogP contribution in [0.1, 0.15) is 65.2 Å². The standard InChI is InChI=1S/C23H38N2O5/c1-22-8-7-14(26)11-13(22)3-4-15-16-5-6-17(20(28)25-9-10-30-21(24)29)23(16,2)12-18(27)19(15)22/h13-19,26-27H,3-12H2,1-2H3,(H2,24,29)(H,25,28)/t13?,14-,15-,16-,17+,18-,19+,22-,23-/m0/s1. The van der Waals surface area contributed by atoms with Crippen LogP contribution in [-0.4, -0.2) is 47.6 Å². The lowest BCUT2D eigenvalue weighted by Gasteiger charge is -2.62. The molecule has 30 heavy (non-hydrogen) atoms. The Morgan fingerprint density at radius 1 is 1.10 bits per heavy atom. The molecule has 0 aromatic heterocycles. The van der Waals surface area contributed by atoms with Crippen molar-refractivity contribution >= 4 is 12.0 Å². The number of fused-ring (bicyclic) bond motifs is 5. The summed E-state index contributed by atoms with van der Waals surface area (Å²) in [6, 6.07) is 0. The fourth-order valence-electron chi connectivity index (χ4n) is 8.24. The Bertz CT molecular complexity index is 687. The molecule has 0 bridgehead atoms. The van der Waals surface area contributed by atoms with Gasteiger partial charge in [-0.05, 0) is 85.9 Å². The number of aliphatic hydroxyl groups is 2. The van der Waals surface area contributed by atoms with Crippen LogP contribution in [0.4, 0.5) is 4.79 Å². The fraction of sp³-hybridized carbons (Fsp3) is 0.913. The number of primary amides is 1. The van der Waals surface area contributed by atoms with Crippen molar-refractivity contribution in [3.8, 4) is 0 Å². The third-order valence-corrected chi connectivity index (χ3v) is 9.53. The summed E-state index contributed by atoms with van der Waals surface area (Å²) in [5.41, 5.74) is 4.86. The van der Waals surface area contributed by atoms with Crippen molar-refractivity contribution in [2.24, 2.45) is 46.2 Å². The number of nitrogens with two attached hydrogens (primary N) is 1. The highest BCUT2D eigenvalue weighted by Gasteiger charge is 2.63. The van der Waals surface area contributed by atoms with Gasteiger partial charge in [-0.15, -0.1) is 0 Å². The molecule has 4 aliphatic carbocycles. The second-order valence-corrected chi connectivity index (χ2v) is 10.9. The Kier molecular flexibility index (Phi) is 5.81. The maximum atomic E-state index is 13.0. The molecule has 4 rings (SSSR count). The van der Waals surface area contributed by atoms with E-state index in [1.807, 2.05) is 0 Å². The molecule has 0 spiro atoms. The molecule has 4 fully saturated rings. The van der Waals surface area contributed by atoms with E-state index in [4.69, 9.17) is 10.5 Å². The minimum absolute atomic E-state index is 0.000549. The van der Waals surface area contributed by atoms with Crippen molar-refractivity contribution < 1.29 is 24.5 Å². The van der Waals surface area contributed by atoms with Gasteiger partial charge in [0.05, 0.1) is 18.8 Å². The van der Waals surface area contributed by atoms with E-state index in [1.165, 1.54) is 0 Å². The molecular formula is C23H38N2O5. The summed E-state index contributed by atoms with van der Waals surface area (Å²) in [6.07, 6.45) is 6.03. The molecule has 0 aliphatic heterocycles. The van der Waals surface area contributed by atoms with Gasteiger partial charge in [0, 0.05) is 5.92 Å². The van der Waals surface area contributed by atoms with E-state index in [0.29, 0.717) is 24.2 Å². The van der Waals surface area contributed by atoms with E-state index in [-0.39, 0.29) is 47.8 Å². The van der Waals surface area contributed by atoms with Gasteiger partial charge in [-0.2, -0.15) is 0 Å². The molecule has 170 valence electrons. The first-order chi connectivity index (χ1) is 14.2. The molecule has 0 aromatic carbocycles. The molecule has 0 aromatic rings. The Morgan fingerprint density at radius 3 is 2.60 bits per heavy atom. The predicted molar refractivity (Wildman–Crippen MR) is 111 cm³/mol. The van der Waals surface area contributed by atoms with Crippen LogP contribution in [-0.2, 0) is 9.53 Å². The van der Waals surface area contributed by atoms with Gasteiger partial charge in [-0.3, -0.25) is 4.79 Å². The first-order valence-electron chi connectivity index (χ1n) is 11.7. The molecule has 1 unspecified atom stereocenters. The van der Waals surface area contributed by atoms with Crippen LogP contribution < -0.4 is 11.1 Å². The second kappa shape index (κ2) is 7.97. The summed E-state index contributed by atoms with van der Waals surface area (Å²) < 4.78 is 4.71. The van der Waals surface area contributed by atoms with E-state index < -0.39 is 12.2 Å². The Labute approximate surface area is 179 Å². The van der Waals surface area contributed by atoms with Gasteiger partial charge in [-0.25, -0.2) is 4.79 Å². The average Bonchev–Trinajstić information content (AvgIpc) is 3.01. The molecule has 0 radical (unpaired) electrons. The minimum atomic E-state index is -0.835. The van der Waals surface area contributed by atoms with Gasteiger partial charge in [-0.1, -0.05) is 13.8 Å². The number of nitrogens with one attached hydrogen (secondary N) is 1. The third-order valence-electron chi connectivity index (χ3n) is 9.53. The predicted octanol–water partition coefficient (Wildman–Crippen LogP) is 2.19. The molecule has 5 N–H and O–H groups in total. The van der Waals surface area contributed by atoms with Crippen molar-refractivity contribution in [1.29, 1.82) is 0 Å². The molecule has 7 heteroatoms. The number of aliphatic hydroxyl groups excluding tert-OH is 2. The van der Waals surface area contributed by atoms with Crippen molar-refractivity contribution in [2.75, 3.05) is 13.2 Å². The van der Waals surface area contributed by atoms with Crippen LogP contribution in [0.5, 0.6) is 0 Å². The molecule has 4 saturated carbocycles. The minimum Gasteiger partial charge on any atom is -0.448 e. The topological polar surface area (TPSA) is 122 Å². The Balaban J connectivity index is 1.48. The summed E-state index contributed by atoms with van der Waals surface area (Å²) >= 11 is 0. The second-order valence-electron chi connectivity index (χ2n) is 10.9. The fourth-order valence-corrected chi connectivity index (χ4v) is 8.24. The molecule has 0 saturated heterocycles. The molecular weight excluding hydrogens is 384 g/mol. The zero-order valence-electron chi connectivity index (χ0n) is 18.3. The largest absolute Gasteiger partial charge is 0.448 e. The first-order valence-corrected chi connectivity index (χ1v) is 11.7. The van der Waals surface area contributed by atoms with E-state index in [1.54, 1.807) is 0 Å². The van der Waals surface area contributed by atoms with Crippen LogP contribution in [0, 0.1) is 40.4 Å².